The van der Waals surface area contributed by atoms with Crippen molar-refractivity contribution in [3.63, 3.8) is 0 Å². The molecule has 8 heteroatoms. The molecule has 1 aromatic carbocycles. The largest absolute Gasteiger partial charge is 0.494 e. The Kier molecular flexibility index (Phi) is 6.38. The fraction of sp³-hybridized carbons (Fsp3) is 0.500. The highest BCUT2D eigenvalue weighted by atomic mass is 32.2. The SMILES string of the molecule is CCOc1ccc(OCCNC(=O)CSc2nnc(C)n2C2CC2)cc1. The van der Waals surface area contributed by atoms with Gasteiger partial charge >= 0.3 is 0 Å². The fourth-order valence-electron chi connectivity index (χ4n) is 2.54. The van der Waals surface area contributed by atoms with Crippen LogP contribution in [0.3, 0.4) is 0 Å². The summed E-state index contributed by atoms with van der Waals surface area (Å²) < 4.78 is 13.1. The van der Waals surface area contributed by atoms with E-state index in [-0.39, 0.29) is 5.91 Å². The van der Waals surface area contributed by atoms with Crippen LogP contribution in [0.2, 0.25) is 0 Å². The summed E-state index contributed by atoms with van der Waals surface area (Å²) in [4.78, 5) is 12.0. The van der Waals surface area contributed by atoms with Crippen molar-refractivity contribution < 1.29 is 14.3 Å². The van der Waals surface area contributed by atoms with Crippen LogP contribution in [0.1, 0.15) is 31.6 Å². The Bertz CT molecular complexity index is 729. The van der Waals surface area contributed by atoms with Crippen LogP contribution in [-0.2, 0) is 4.79 Å². The number of benzene rings is 1. The van der Waals surface area contributed by atoms with Gasteiger partial charge in [0.2, 0.25) is 5.91 Å². The van der Waals surface area contributed by atoms with Crippen molar-refractivity contribution in [1.82, 2.24) is 20.1 Å². The molecule has 140 valence electrons. The van der Waals surface area contributed by atoms with E-state index in [0.717, 1.165) is 22.5 Å². The fourth-order valence-corrected chi connectivity index (χ4v) is 3.42. The first-order valence-corrected chi connectivity index (χ1v) is 9.82. The average molecular weight is 376 g/mol. The highest BCUT2D eigenvalue weighted by Gasteiger charge is 2.28. The second-order valence-corrected chi connectivity index (χ2v) is 6.96. The van der Waals surface area contributed by atoms with Crippen LogP contribution in [-0.4, -0.2) is 46.2 Å². The molecule has 0 spiro atoms. The molecule has 1 saturated carbocycles. The summed E-state index contributed by atoms with van der Waals surface area (Å²) in [5, 5.41) is 12.0. The van der Waals surface area contributed by atoms with Crippen LogP contribution in [0.4, 0.5) is 0 Å². The molecule has 0 atom stereocenters. The molecule has 0 saturated heterocycles. The Balaban J connectivity index is 1.34. The zero-order valence-electron chi connectivity index (χ0n) is 15.1. The maximum Gasteiger partial charge on any atom is 0.230 e. The minimum atomic E-state index is -0.0340. The van der Waals surface area contributed by atoms with Gasteiger partial charge in [-0.2, -0.15) is 0 Å². The highest BCUT2D eigenvalue weighted by molar-refractivity contribution is 7.99. The molecule has 3 rings (SSSR count). The van der Waals surface area contributed by atoms with E-state index >= 15 is 0 Å². The van der Waals surface area contributed by atoms with E-state index in [1.54, 1.807) is 0 Å². The number of carbonyl (C=O) groups is 1. The van der Waals surface area contributed by atoms with Gasteiger partial charge in [0.15, 0.2) is 5.16 Å². The molecular weight excluding hydrogens is 352 g/mol. The lowest BCUT2D eigenvalue weighted by Gasteiger charge is -2.09. The van der Waals surface area contributed by atoms with E-state index in [2.05, 4.69) is 20.1 Å². The molecule has 0 radical (unpaired) electrons. The topological polar surface area (TPSA) is 78.3 Å². The summed E-state index contributed by atoms with van der Waals surface area (Å²) in [5.41, 5.74) is 0. The number of aryl methyl sites for hydroxylation is 1. The first-order chi connectivity index (χ1) is 12.7. The number of hydrogen-bond acceptors (Lipinski definition) is 6. The summed E-state index contributed by atoms with van der Waals surface area (Å²) >= 11 is 1.43. The van der Waals surface area contributed by atoms with Gasteiger partial charge < -0.3 is 19.4 Å². The lowest BCUT2D eigenvalue weighted by molar-refractivity contribution is -0.118. The lowest BCUT2D eigenvalue weighted by atomic mass is 10.3. The molecule has 1 fully saturated rings. The van der Waals surface area contributed by atoms with E-state index in [4.69, 9.17) is 9.47 Å². The third-order valence-corrected chi connectivity index (χ3v) is 4.85. The number of nitrogens with one attached hydrogen (secondary N) is 1. The Morgan fingerprint density at radius 3 is 2.58 bits per heavy atom. The quantitative estimate of drug-likeness (QED) is 0.507. The average Bonchev–Trinajstić information content (AvgIpc) is 3.41. The monoisotopic (exact) mass is 376 g/mol. The molecule has 2 aromatic rings. The number of amides is 1. The Hall–Kier alpha value is -2.22. The van der Waals surface area contributed by atoms with Gasteiger partial charge in [-0.1, -0.05) is 11.8 Å². The van der Waals surface area contributed by atoms with Crippen LogP contribution in [0.5, 0.6) is 11.5 Å². The van der Waals surface area contributed by atoms with Gasteiger partial charge in [0.25, 0.3) is 0 Å². The van der Waals surface area contributed by atoms with E-state index in [1.807, 2.05) is 38.1 Å². The van der Waals surface area contributed by atoms with Crippen molar-refractivity contribution in [3.8, 4) is 11.5 Å². The molecule has 1 aromatic heterocycles. The first kappa shape index (κ1) is 18.6. The van der Waals surface area contributed by atoms with E-state index < -0.39 is 0 Å². The number of carbonyl (C=O) groups excluding carboxylic acids is 1. The second-order valence-electron chi connectivity index (χ2n) is 6.02. The van der Waals surface area contributed by atoms with E-state index in [0.29, 0.717) is 31.6 Å². The Morgan fingerprint density at radius 2 is 1.92 bits per heavy atom. The molecule has 1 N–H and O–H groups in total. The third-order valence-electron chi connectivity index (χ3n) is 3.91. The number of hydrogen-bond donors (Lipinski definition) is 1. The summed E-state index contributed by atoms with van der Waals surface area (Å²) in [7, 11) is 0. The summed E-state index contributed by atoms with van der Waals surface area (Å²) in [5.74, 6) is 2.78. The van der Waals surface area contributed by atoms with Crippen molar-refractivity contribution in [1.29, 1.82) is 0 Å². The van der Waals surface area contributed by atoms with Gasteiger partial charge in [-0.3, -0.25) is 4.79 Å². The third kappa shape index (κ3) is 5.14. The minimum absolute atomic E-state index is 0.0340. The molecule has 7 nitrogen and oxygen atoms in total. The summed E-state index contributed by atoms with van der Waals surface area (Å²) in [6.45, 7) is 5.42. The van der Waals surface area contributed by atoms with Crippen LogP contribution >= 0.6 is 11.8 Å². The maximum atomic E-state index is 12.0. The second kappa shape index (κ2) is 8.93. The van der Waals surface area contributed by atoms with Gasteiger partial charge in [-0.05, 0) is 51.0 Å². The zero-order chi connectivity index (χ0) is 18.4. The van der Waals surface area contributed by atoms with Crippen LogP contribution in [0.15, 0.2) is 29.4 Å². The van der Waals surface area contributed by atoms with Gasteiger partial charge in [0.05, 0.1) is 18.9 Å². The van der Waals surface area contributed by atoms with Crippen molar-refractivity contribution in [2.75, 3.05) is 25.5 Å². The van der Waals surface area contributed by atoms with Gasteiger partial charge in [-0.25, -0.2) is 0 Å². The van der Waals surface area contributed by atoms with Crippen LogP contribution < -0.4 is 14.8 Å². The van der Waals surface area contributed by atoms with Gasteiger partial charge in [-0.15, -0.1) is 10.2 Å². The smallest absolute Gasteiger partial charge is 0.230 e. The van der Waals surface area contributed by atoms with Crippen LogP contribution in [0.25, 0.3) is 0 Å². The lowest BCUT2D eigenvalue weighted by Crippen LogP contribution is -2.29. The molecule has 1 aliphatic carbocycles. The van der Waals surface area contributed by atoms with Crippen molar-refractivity contribution in [2.24, 2.45) is 0 Å². The number of rotatable bonds is 10. The molecule has 1 heterocycles. The molecule has 0 bridgehead atoms. The number of thioether (sulfide) groups is 1. The molecule has 1 aliphatic rings. The number of nitrogens with zero attached hydrogens (tertiary/aromatic N) is 3. The van der Waals surface area contributed by atoms with Gasteiger partial charge in [0.1, 0.15) is 23.9 Å². The van der Waals surface area contributed by atoms with Crippen molar-refractivity contribution in [2.45, 2.75) is 37.9 Å². The molecule has 1 amide bonds. The van der Waals surface area contributed by atoms with Gasteiger partial charge in [0, 0.05) is 6.04 Å². The number of aromatic nitrogens is 3. The molecule has 0 aliphatic heterocycles. The first-order valence-electron chi connectivity index (χ1n) is 8.84. The highest BCUT2D eigenvalue weighted by Crippen LogP contribution is 2.38. The Morgan fingerprint density at radius 1 is 1.23 bits per heavy atom. The summed E-state index contributed by atoms with van der Waals surface area (Å²) in [6, 6.07) is 7.96. The standard InChI is InChI=1S/C18H24N4O3S/c1-3-24-15-6-8-16(9-7-15)25-11-10-19-17(23)12-26-18-21-20-13(2)22(18)14-4-5-14/h6-9,14H,3-5,10-12H2,1-2H3,(H,19,23). The molecular formula is C18H24N4O3S. The van der Waals surface area contributed by atoms with E-state index in [9.17, 15) is 4.79 Å². The van der Waals surface area contributed by atoms with Crippen molar-refractivity contribution >= 4 is 17.7 Å². The number of ether oxygens (including phenoxy) is 2. The Labute approximate surface area is 157 Å². The molecule has 0 unspecified atom stereocenters. The van der Waals surface area contributed by atoms with Crippen LogP contribution in [0, 0.1) is 6.92 Å². The zero-order valence-corrected chi connectivity index (χ0v) is 15.9. The minimum Gasteiger partial charge on any atom is -0.494 e. The molecule has 26 heavy (non-hydrogen) atoms. The predicted molar refractivity (Wildman–Crippen MR) is 99.9 cm³/mol. The van der Waals surface area contributed by atoms with Crippen molar-refractivity contribution in [3.05, 3.63) is 30.1 Å². The van der Waals surface area contributed by atoms with E-state index in [1.165, 1.54) is 24.6 Å². The normalized spacial score (nSPS) is 13.5. The summed E-state index contributed by atoms with van der Waals surface area (Å²) in [6.07, 6.45) is 2.34. The maximum absolute atomic E-state index is 12.0. The predicted octanol–water partition coefficient (Wildman–Crippen LogP) is 2.61.